The summed E-state index contributed by atoms with van der Waals surface area (Å²) in [5, 5.41) is 3.78. The first-order valence-corrected chi connectivity index (χ1v) is 7.69. The second-order valence-corrected chi connectivity index (χ2v) is 7.02. The van der Waals surface area contributed by atoms with Crippen LogP contribution < -0.4 is 5.32 Å². The summed E-state index contributed by atoms with van der Waals surface area (Å²) in [6, 6.07) is 0.583. The average molecular weight is 268 g/mol. The highest BCUT2D eigenvalue weighted by Gasteiger charge is 2.47. The summed E-state index contributed by atoms with van der Waals surface area (Å²) >= 11 is 0. The van der Waals surface area contributed by atoms with Gasteiger partial charge in [-0.3, -0.25) is 4.90 Å². The van der Waals surface area contributed by atoms with Gasteiger partial charge < -0.3 is 14.8 Å². The maximum Gasteiger partial charge on any atom is 0.106 e. The number of nitrogens with one attached hydrogen (secondary N) is 1. The van der Waals surface area contributed by atoms with Crippen LogP contribution in [-0.4, -0.2) is 62.0 Å². The van der Waals surface area contributed by atoms with Crippen LogP contribution in [0.5, 0.6) is 0 Å². The molecule has 1 aliphatic carbocycles. The average Bonchev–Trinajstić information content (AvgIpc) is 3.17. The number of rotatable bonds is 4. The van der Waals surface area contributed by atoms with Crippen LogP contribution in [0.25, 0.3) is 0 Å². The van der Waals surface area contributed by atoms with Crippen LogP contribution in [-0.2, 0) is 9.47 Å². The minimum absolute atomic E-state index is 0.0734. The van der Waals surface area contributed by atoms with Gasteiger partial charge in [-0.1, -0.05) is 0 Å². The summed E-state index contributed by atoms with van der Waals surface area (Å²) in [5.41, 5.74) is 0.233. The van der Waals surface area contributed by atoms with Crippen molar-refractivity contribution in [1.82, 2.24) is 10.2 Å². The second-order valence-electron chi connectivity index (χ2n) is 7.02. The molecule has 3 unspecified atom stereocenters. The van der Waals surface area contributed by atoms with Crippen LogP contribution in [0.2, 0.25) is 0 Å². The van der Waals surface area contributed by atoms with Crippen LogP contribution in [0.1, 0.15) is 33.1 Å². The maximum absolute atomic E-state index is 5.81. The van der Waals surface area contributed by atoms with E-state index in [1.807, 2.05) is 7.11 Å². The molecule has 19 heavy (non-hydrogen) atoms. The first-order chi connectivity index (χ1) is 9.07. The lowest BCUT2D eigenvalue weighted by molar-refractivity contribution is -0.0601. The van der Waals surface area contributed by atoms with Crippen molar-refractivity contribution < 1.29 is 9.47 Å². The van der Waals surface area contributed by atoms with Gasteiger partial charge in [-0.15, -0.1) is 0 Å². The van der Waals surface area contributed by atoms with Crippen molar-refractivity contribution in [2.75, 3.05) is 40.0 Å². The predicted octanol–water partition coefficient (Wildman–Crippen LogP) is 1.25. The van der Waals surface area contributed by atoms with E-state index in [-0.39, 0.29) is 5.60 Å². The molecule has 3 fully saturated rings. The molecule has 1 N–H and O–H groups in total. The minimum atomic E-state index is -0.0734. The monoisotopic (exact) mass is 268 g/mol. The van der Waals surface area contributed by atoms with E-state index in [0.29, 0.717) is 11.6 Å². The third-order valence-corrected chi connectivity index (χ3v) is 5.43. The molecule has 2 heterocycles. The molecule has 0 aromatic rings. The molecule has 0 spiro atoms. The van der Waals surface area contributed by atoms with Gasteiger partial charge in [0, 0.05) is 51.4 Å². The lowest BCUT2D eigenvalue weighted by Gasteiger charge is -2.48. The van der Waals surface area contributed by atoms with Crippen LogP contribution >= 0.6 is 0 Å². The Labute approximate surface area is 116 Å². The van der Waals surface area contributed by atoms with Crippen molar-refractivity contribution in [2.24, 2.45) is 5.92 Å². The molecule has 3 aliphatic rings. The lowest BCUT2D eigenvalue weighted by Crippen LogP contribution is -2.65. The van der Waals surface area contributed by atoms with Gasteiger partial charge in [0.1, 0.15) is 5.60 Å². The van der Waals surface area contributed by atoms with Gasteiger partial charge in [0.25, 0.3) is 0 Å². The lowest BCUT2D eigenvalue weighted by atomic mass is 9.89. The van der Waals surface area contributed by atoms with Crippen molar-refractivity contribution in [3.05, 3.63) is 0 Å². The summed E-state index contributed by atoms with van der Waals surface area (Å²) < 4.78 is 11.4. The predicted molar refractivity (Wildman–Crippen MR) is 75.3 cm³/mol. The van der Waals surface area contributed by atoms with E-state index in [2.05, 4.69) is 24.1 Å². The summed E-state index contributed by atoms with van der Waals surface area (Å²) in [4.78, 5) is 2.62. The van der Waals surface area contributed by atoms with Gasteiger partial charge in [0.2, 0.25) is 0 Å². The van der Waals surface area contributed by atoms with Crippen LogP contribution in [0, 0.1) is 5.92 Å². The Bertz CT molecular complexity index is 326. The topological polar surface area (TPSA) is 33.7 Å². The van der Waals surface area contributed by atoms with E-state index in [9.17, 15) is 0 Å². The van der Waals surface area contributed by atoms with Gasteiger partial charge in [-0.2, -0.15) is 0 Å². The zero-order valence-electron chi connectivity index (χ0n) is 12.6. The Morgan fingerprint density at radius 3 is 2.79 bits per heavy atom. The fraction of sp³-hybridized carbons (Fsp3) is 1.00. The van der Waals surface area contributed by atoms with Gasteiger partial charge in [0.05, 0.1) is 6.61 Å². The first kappa shape index (κ1) is 13.8. The molecule has 0 amide bonds. The van der Waals surface area contributed by atoms with Gasteiger partial charge >= 0.3 is 0 Å². The summed E-state index contributed by atoms with van der Waals surface area (Å²) in [7, 11) is 1.83. The zero-order valence-corrected chi connectivity index (χ0v) is 12.6. The normalized spacial score (nSPS) is 44.7. The molecule has 0 aromatic heterocycles. The fourth-order valence-electron chi connectivity index (χ4n) is 3.66. The number of ether oxygens (including phenoxy) is 2. The second kappa shape index (κ2) is 4.99. The molecular weight excluding hydrogens is 240 g/mol. The van der Waals surface area contributed by atoms with Crippen molar-refractivity contribution >= 4 is 0 Å². The van der Waals surface area contributed by atoms with E-state index >= 15 is 0 Å². The summed E-state index contributed by atoms with van der Waals surface area (Å²) in [6.45, 7) is 9.55. The maximum atomic E-state index is 5.81. The molecule has 0 radical (unpaired) electrons. The number of hydrogen-bond donors (Lipinski definition) is 1. The zero-order chi connectivity index (χ0) is 13.5. The molecular formula is C15H28N2O2. The van der Waals surface area contributed by atoms with Crippen molar-refractivity contribution in [2.45, 2.75) is 50.3 Å². The Kier molecular flexibility index (Phi) is 3.63. The van der Waals surface area contributed by atoms with Crippen molar-refractivity contribution in [1.29, 1.82) is 0 Å². The SMILES string of the molecule is COC1(CN2CC(C)(C3CC3)NCC2C)CCOC1. The molecule has 2 saturated heterocycles. The highest BCUT2D eigenvalue weighted by molar-refractivity contribution is 5.04. The standard InChI is InChI=1S/C15H28N2O2/c1-12-8-16-14(2,13-4-5-13)9-17(12)10-15(18-3)6-7-19-11-15/h12-13,16H,4-11H2,1-3H3. The van der Waals surface area contributed by atoms with Gasteiger partial charge in [0.15, 0.2) is 0 Å². The van der Waals surface area contributed by atoms with E-state index in [1.165, 1.54) is 12.8 Å². The third-order valence-electron chi connectivity index (χ3n) is 5.43. The molecule has 1 saturated carbocycles. The molecule has 4 nitrogen and oxygen atoms in total. The molecule has 4 heteroatoms. The van der Waals surface area contributed by atoms with Crippen LogP contribution in [0.4, 0.5) is 0 Å². The molecule has 0 aromatic carbocycles. The number of methoxy groups -OCH3 is 1. The van der Waals surface area contributed by atoms with Crippen molar-refractivity contribution in [3.63, 3.8) is 0 Å². The summed E-state index contributed by atoms with van der Waals surface area (Å²) in [6.07, 6.45) is 3.81. The van der Waals surface area contributed by atoms with Gasteiger partial charge in [-0.05, 0) is 32.6 Å². The molecule has 3 rings (SSSR count). The van der Waals surface area contributed by atoms with Gasteiger partial charge in [-0.25, -0.2) is 0 Å². The number of nitrogens with zero attached hydrogens (tertiary/aromatic N) is 1. The molecule has 110 valence electrons. The largest absolute Gasteiger partial charge is 0.378 e. The third kappa shape index (κ3) is 2.68. The Balaban J connectivity index is 1.67. The highest BCUT2D eigenvalue weighted by atomic mass is 16.5. The van der Waals surface area contributed by atoms with Crippen LogP contribution in [0.3, 0.4) is 0 Å². The Morgan fingerprint density at radius 1 is 1.42 bits per heavy atom. The number of piperazine rings is 1. The Hall–Kier alpha value is -0.160. The van der Waals surface area contributed by atoms with Crippen LogP contribution in [0.15, 0.2) is 0 Å². The van der Waals surface area contributed by atoms with E-state index < -0.39 is 0 Å². The fourth-order valence-corrected chi connectivity index (χ4v) is 3.66. The van der Waals surface area contributed by atoms with E-state index in [0.717, 1.165) is 45.2 Å². The molecule has 3 atom stereocenters. The van der Waals surface area contributed by atoms with Crippen molar-refractivity contribution in [3.8, 4) is 0 Å². The first-order valence-electron chi connectivity index (χ1n) is 7.69. The quantitative estimate of drug-likeness (QED) is 0.832. The van der Waals surface area contributed by atoms with E-state index in [1.54, 1.807) is 0 Å². The smallest absolute Gasteiger partial charge is 0.106 e. The molecule has 0 bridgehead atoms. The van der Waals surface area contributed by atoms with E-state index in [4.69, 9.17) is 9.47 Å². The Morgan fingerprint density at radius 2 is 2.21 bits per heavy atom. The highest BCUT2D eigenvalue weighted by Crippen LogP contribution is 2.41. The minimum Gasteiger partial charge on any atom is -0.378 e. The summed E-state index contributed by atoms with van der Waals surface area (Å²) in [5.74, 6) is 0.876. The number of hydrogen-bond acceptors (Lipinski definition) is 4. The molecule has 2 aliphatic heterocycles.